The van der Waals surface area contributed by atoms with Crippen molar-refractivity contribution in [1.82, 2.24) is 20.3 Å². The highest BCUT2D eigenvalue weighted by Crippen LogP contribution is 2.08. The van der Waals surface area contributed by atoms with Crippen molar-refractivity contribution in [2.75, 3.05) is 11.9 Å². The van der Waals surface area contributed by atoms with Crippen LogP contribution >= 0.6 is 12.2 Å². The van der Waals surface area contributed by atoms with Crippen molar-refractivity contribution >= 4 is 23.1 Å². The third-order valence-electron chi connectivity index (χ3n) is 2.44. The highest BCUT2D eigenvalue weighted by molar-refractivity contribution is 7.80. The van der Waals surface area contributed by atoms with E-state index in [9.17, 15) is 0 Å². The minimum atomic E-state index is 0.420. The Bertz CT molecular complexity index is 622. The zero-order valence-electron chi connectivity index (χ0n) is 10.6. The molecule has 0 radical (unpaired) electrons. The van der Waals surface area contributed by atoms with Gasteiger partial charge in [0.05, 0.1) is 11.3 Å². The van der Waals surface area contributed by atoms with E-state index < -0.39 is 0 Å². The molecule has 0 aromatic carbocycles. The van der Waals surface area contributed by atoms with E-state index in [4.69, 9.17) is 17.5 Å². The molecule has 0 amide bonds. The molecule has 0 spiro atoms. The van der Waals surface area contributed by atoms with E-state index in [2.05, 4.69) is 31.7 Å². The molecule has 100 valence electrons. The molecule has 0 aliphatic carbocycles. The second kappa shape index (κ2) is 7.11. The molecule has 0 aliphatic rings. The van der Waals surface area contributed by atoms with Crippen LogP contribution in [0.25, 0.3) is 0 Å². The van der Waals surface area contributed by atoms with Gasteiger partial charge in [0.15, 0.2) is 5.11 Å². The van der Waals surface area contributed by atoms with Crippen LogP contribution in [0.15, 0.2) is 36.9 Å². The number of hydrogen-bond acceptors (Lipinski definition) is 5. The molecule has 0 saturated carbocycles. The topological polar surface area (TPSA) is 86.5 Å². The number of pyridine rings is 1. The average Bonchev–Trinajstić information content (AvgIpc) is 2.49. The molecule has 2 rings (SSSR count). The van der Waals surface area contributed by atoms with Crippen molar-refractivity contribution in [2.45, 2.75) is 6.42 Å². The number of rotatable bonds is 4. The summed E-state index contributed by atoms with van der Waals surface area (Å²) in [6, 6.07) is 5.43. The average molecular weight is 284 g/mol. The number of nitrogens with one attached hydrogen (secondary N) is 2. The second-order valence-electron chi connectivity index (χ2n) is 3.84. The fourth-order valence-corrected chi connectivity index (χ4v) is 1.71. The molecule has 2 aromatic rings. The third kappa shape index (κ3) is 3.96. The van der Waals surface area contributed by atoms with Gasteiger partial charge in [0, 0.05) is 37.8 Å². The van der Waals surface area contributed by atoms with Crippen molar-refractivity contribution in [1.29, 1.82) is 5.26 Å². The van der Waals surface area contributed by atoms with Gasteiger partial charge in [-0.2, -0.15) is 5.26 Å². The van der Waals surface area contributed by atoms with E-state index in [0.717, 1.165) is 5.69 Å². The predicted molar refractivity (Wildman–Crippen MR) is 78.9 cm³/mol. The molecule has 0 fully saturated rings. The van der Waals surface area contributed by atoms with Gasteiger partial charge in [-0.05, 0) is 24.4 Å². The van der Waals surface area contributed by atoms with E-state index in [0.29, 0.717) is 29.5 Å². The monoisotopic (exact) mass is 284 g/mol. The Morgan fingerprint density at radius 1 is 1.30 bits per heavy atom. The van der Waals surface area contributed by atoms with E-state index in [1.807, 2.05) is 0 Å². The zero-order chi connectivity index (χ0) is 14.2. The summed E-state index contributed by atoms with van der Waals surface area (Å²) in [6.45, 7) is 0.624. The molecule has 20 heavy (non-hydrogen) atoms. The number of nitriles is 1. The summed E-state index contributed by atoms with van der Waals surface area (Å²) in [4.78, 5) is 12.2. The van der Waals surface area contributed by atoms with Crippen LogP contribution in [0.2, 0.25) is 0 Å². The van der Waals surface area contributed by atoms with Gasteiger partial charge in [-0.3, -0.25) is 9.97 Å². The van der Waals surface area contributed by atoms with Crippen molar-refractivity contribution in [2.24, 2.45) is 0 Å². The normalized spacial score (nSPS) is 9.55. The highest BCUT2D eigenvalue weighted by Gasteiger charge is 2.04. The number of nitrogens with zero attached hydrogens (tertiary/aromatic N) is 4. The molecule has 0 unspecified atom stereocenters. The van der Waals surface area contributed by atoms with E-state index in [1.54, 1.807) is 36.9 Å². The first-order chi connectivity index (χ1) is 9.79. The molecule has 6 nitrogen and oxygen atoms in total. The fraction of sp³-hybridized carbons (Fsp3) is 0.154. The van der Waals surface area contributed by atoms with Crippen LogP contribution in [-0.2, 0) is 6.42 Å². The van der Waals surface area contributed by atoms with Crippen LogP contribution in [0.4, 0.5) is 5.82 Å². The van der Waals surface area contributed by atoms with Gasteiger partial charge in [0.25, 0.3) is 0 Å². The highest BCUT2D eigenvalue weighted by atomic mass is 32.1. The largest absolute Gasteiger partial charge is 0.362 e. The van der Waals surface area contributed by atoms with Crippen LogP contribution in [-0.4, -0.2) is 26.6 Å². The predicted octanol–water partition coefficient (Wildman–Crippen LogP) is 1.27. The zero-order valence-corrected chi connectivity index (χ0v) is 11.4. The minimum absolute atomic E-state index is 0.420. The number of hydrogen-bond donors (Lipinski definition) is 2. The maximum Gasteiger partial charge on any atom is 0.171 e. The standard InChI is InChI=1S/C13H12N6S/c14-8-10-2-1-4-17-12(10)19-13(20)18-5-3-11-9-15-6-7-16-11/h1-2,4,6-7,9H,3,5H2,(H2,17,18,19,20). The number of aromatic nitrogens is 3. The third-order valence-corrected chi connectivity index (χ3v) is 2.69. The van der Waals surface area contributed by atoms with Crippen LogP contribution in [0.5, 0.6) is 0 Å². The van der Waals surface area contributed by atoms with Crippen LogP contribution < -0.4 is 10.6 Å². The van der Waals surface area contributed by atoms with E-state index in [-0.39, 0.29) is 0 Å². The molecule has 7 heteroatoms. The Hall–Kier alpha value is -2.59. The van der Waals surface area contributed by atoms with Crippen molar-refractivity contribution in [3.63, 3.8) is 0 Å². The molecule has 2 aromatic heterocycles. The summed E-state index contributed by atoms with van der Waals surface area (Å²) in [5, 5.41) is 15.3. The summed E-state index contributed by atoms with van der Waals surface area (Å²) >= 11 is 5.15. The number of anilines is 1. The first-order valence-corrected chi connectivity index (χ1v) is 6.35. The molecular weight excluding hydrogens is 272 g/mol. The van der Waals surface area contributed by atoms with Gasteiger partial charge in [-0.1, -0.05) is 0 Å². The van der Waals surface area contributed by atoms with Gasteiger partial charge in [-0.25, -0.2) is 4.98 Å². The lowest BCUT2D eigenvalue weighted by molar-refractivity contribution is 0.839. The smallest absolute Gasteiger partial charge is 0.171 e. The molecule has 0 atom stereocenters. The first kappa shape index (κ1) is 13.8. The summed E-state index contributed by atoms with van der Waals surface area (Å²) in [5.74, 6) is 0.451. The maximum absolute atomic E-state index is 8.95. The lowest BCUT2D eigenvalue weighted by Gasteiger charge is -2.10. The molecule has 0 bridgehead atoms. The quantitative estimate of drug-likeness (QED) is 0.818. The summed E-state index contributed by atoms with van der Waals surface area (Å²) in [5.41, 5.74) is 1.34. The van der Waals surface area contributed by atoms with Crippen LogP contribution in [0, 0.1) is 11.3 Å². The van der Waals surface area contributed by atoms with Gasteiger partial charge >= 0.3 is 0 Å². The molecule has 0 saturated heterocycles. The van der Waals surface area contributed by atoms with Crippen molar-refractivity contribution < 1.29 is 0 Å². The van der Waals surface area contributed by atoms with Crippen LogP contribution in [0.3, 0.4) is 0 Å². The Morgan fingerprint density at radius 3 is 2.95 bits per heavy atom. The Labute approximate surface area is 121 Å². The van der Waals surface area contributed by atoms with Gasteiger partial charge in [0.1, 0.15) is 11.9 Å². The van der Waals surface area contributed by atoms with Crippen LogP contribution in [0.1, 0.15) is 11.3 Å². The van der Waals surface area contributed by atoms with Crippen molar-refractivity contribution in [3.05, 3.63) is 48.2 Å². The van der Waals surface area contributed by atoms with Crippen molar-refractivity contribution in [3.8, 4) is 6.07 Å². The lowest BCUT2D eigenvalue weighted by Crippen LogP contribution is -2.30. The summed E-state index contributed by atoms with van der Waals surface area (Å²) in [7, 11) is 0. The van der Waals surface area contributed by atoms with E-state index in [1.165, 1.54) is 0 Å². The summed E-state index contributed by atoms with van der Waals surface area (Å²) < 4.78 is 0. The molecular formula is C13H12N6S. The van der Waals surface area contributed by atoms with E-state index >= 15 is 0 Å². The first-order valence-electron chi connectivity index (χ1n) is 5.94. The van der Waals surface area contributed by atoms with Gasteiger partial charge in [-0.15, -0.1) is 0 Å². The Kier molecular flexibility index (Phi) is 4.92. The molecule has 2 N–H and O–H groups in total. The number of thiocarbonyl (C=S) groups is 1. The van der Waals surface area contributed by atoms with Gasteiger partial charge in [0.2, 0.25) is 0 Å². The Morgan fingerprint density at radius 2 is 2.20 bits per heavy atom. The molecule has 2 heterocycles. The SMILES string of the molecule is N#Cc1cccnc1NC(=S)NCCc1cnccn1. The summed E-state index contributed by atoms with van der Waals surface area (Å²) in [6.07, 6.45) is 7.31. The maximum atomic E-state index is 8.95. The molecule has 0 aliphatic heterocycles. The van der Waals surface area contributed by atoms with Gasteiger partial charge < -0.3 is 10.6 Å². The Balaban J connectivity index is 1.83. The fourth-order valence-electron chi connectivity index (χ4n) is 1.51. The lowest BCUT2D eigenvalue weighted by atomic mass is 10.3. The minimum Gasteiger partial charge on any atom is -0.362 e. The second-order valence-corrected chi connectivity index (χ2v) is 4.25.